The van der Waals surface area contributed by atoms with Gasteiger partial charge in [0.05, 0.1) is 26.5 Å². The number of nitrogen functional groups attached to an aromatic ring is 1. The van der Waals surface area contributed by atoms with Crippen LogP contribution in [0.2, 0.25) is 0 Å². The molecule has 27 heavy (non-hydrogen) atoms. The number of aromatic amines is 1. The van der Waals surface area contributed by atoms with Crippen LogP contribution in [0.1, 0.15) is 0 Å². The van der Waals surface area contributed by atoms with Crippen molar-refractivity contribution in [2.24, 2.45) is 0 Å². The van der Waals surface area contributed by atoms with Crippen molar-refractivity contribution in [3.63, 3.8) is 0 Å². The highest BCUT2D eigenvalue weighted by atomic mass is 79.9. The lowest BCUT2D eigenvalue weighted by molar-refractivity contribution is -0.186. The SMILES string of the molecule is COC1=C(OC)C(OC)N(O)C(Cn2c(=O)[nH]c3c(Br)nc(N)nc32)=C1Cl. The number of allylic oxidation sites excluding steroid dienone is 2. The number of ether oxygens (including phenoxy) is 3. The van der Waals surface area contributed by atoms with Crippen LogP contribution < -0.4 is 11.4 Å². The number of fused-ring (bicyclic) bond motifs is 1. The normalized spacial score (nSPS) is 17.9. The molecule has 11 nitrogen and oxygen atoms in total. The van der Waals surface area contributed by atoms with Crippen LogP contribution in [-0.2, 0) is 20.8 Å². The third-order valence-corrected chi connectivity index (χ3v) is 4.91. The minimum Gasteiger partial charge on any atom is -0.493 e. The second-order valence-electron chi connectivity index (χ2n) is 5.38. The largest absolute Gasteiger partial charge is 0.493 e. The summed E-state index contributed by atoms with van der Waals surface area (Å²) in [6.07, 6.45) is -1.02. The number of nitrogens with one attached hydrogen (secondary N) is 1. The molecule has 13 heteroatoms. The Morgan fingerprint density at radius 2 is 2.04 bits per heavy atom. The van der Waals surface area contributed by atoms with Gasteiger partial charge in [-0.1, -0.05) is 11.6 Å². The first-order valence-corrected chi connectivity index (χ1v) is 8.64. The summed E-state index contributed by atoms with van der Waals surface area (Å²) in [4.78, 5) is 23.1. The van der Waals surface area contributed by atoms with E-state index in [1.165, 1.54) is 25.9 Å². The minimum absolute atomic E-state index is 0.0272. The summed E-state index contributed by atoms with van der Waals surface area (Å²) in [7, 11) is 4.17. The van der Waals surface area contributed by atoms with Gasteiger partial charge in [-0.3, -0.25) is 9.77 Å². The first-order chi connectivity index (χ1) is 12.8. The van der Waals surface area contributed by atoms with Crippen molar-refractivity contribution in [3.8, 4) is 0 Å². The molecular weight excluding hydrogens is 448 g/mol. The lowest BCUT2D eigenvalue weighted by Crippen LogP contribution is -2.41. The number of methoxy groups -OCH3 is 3. The van der Waals surface area contributed by atoms with Crippen LogP contribution in [0, 0.1) is 0 Å². The van der Waals surface area contributed by atoms with E-state index in [9.17, 15) is 10.0 Å². The van der Waals surface area contributed by atoms with Gasteiger partial charge in [-0.25, -0.2) is 14.8 Å². The zero-order chi connectivity index (χ0) is 19.9. The van der Waals surface area contributed by atoms with Gasteiger partial charge in [0.15, 0.2) is 17.2 Å². The quantitative estimate of drug-likeness (QED) is 0.556. The van der Waals surface area contributed by atoms with Crippen LogP contribution in [0.25, 0.3) is 11.2 Å². The number of hydrogen-bond acceptors (Lipinski definition) is 9. The third-order valence-electron chi connectivity index (χ3n) is 3.95. The summed E-state index contributed by atoms with van der Waals surface area (Å²) in [5, 5.41) is 11.4. The highest BCUT2D eigenvalue weighted by Gasteiger charge is 2.37. The second kappa shape index (κ2) is 7.38. The molecule has 0 fully saturated rings. The number of halogens is 2. The molecule has 3 heterocycles. The summed E-state index contributed by atoms with van der Waals surface area (Å²) in [5.74, 6) is 0.326. The van der Waals surface area contributed by atoms with Gasteiger partial charge in [-0.15, -0.1) is 0 Å². The van der Waals surface area contributed by atoms with Crippen molar-refractivity contribution >= 4 is 44.6 Å². The number of hydrogen-bond donors (Lipinski definition) is 3. The first kappa shape index (κ1) is 19.5. The van der Waals surface area contributed by atoms with Gasteiger partial charge in [0.1, 0.15) is 15.2 Å². The Morgan fingerprint density at radius 3 is 2.63 bits per heavy atom. The number of rotatable bonds is 5. The van der Waals surface area contributed by atoms with Gasteiger partial charge in [0.25, 0.3) is 0 Å². The van der Waals surface area contributed by atoms with Gasteiger partial charge in [-0.2, -0.15) is 4.98 Å². The lowest BCUT2D eigenvalue weighted by Gasteiger charge is -2.34. The van der Waals surface area contributed by atoms with Crippen LogP contribution in [-0.4, -0.2) is 57.3 Å². The third kappa shape index (κ3) is 3.14. The molecule has 0 amide bonds. The Kier molecular flexibility index (Phi) is 5.33. The Morgan fingerprint density at radius 1 is 1.33 bits per heavy atom. The van der Waals surface area contributed by atoms with E-state index in [4.69, 9.17) is 31.5 Å². The van der Waals surface area contributed by atoms with E-state index in [1.807, 2.05) is 0 Å². The molecule has 1 unspecified atom stereocenters. The zero-order valence-electron chi connectivity index (χ0n) is 14.5. The highest BCUT2D eigenvalue weighted by Crippen LogP contribution is 2.35. The number of H-pyrrole nitrogens is 1. The van der Waals surface area contributed by atoms with Crippen molar-refractivity contribution < 1.29 is 19.4 Å². The van der Waals surface area contributed by atoms with Gasteiger partial charge >= 0.3 is 5.69 Å². The average Bonchev–Trinajstić information content (AvgIpc) is 2.94. The standard InChI is InChI=1S/C14H16BrClN6O5/c1-25-8-6(16)5(22(24)12(27-3)9(8)26-2)4-21-11-7(18-14(21)23)10(15)19-13(17)20-11/h12,24H,4H2,1-3H3,(H,18,23)(H2,17,19,20). The van der Waals surface area contributed by atoms with Crippen LogP contribution in [0.4, 0.5) is 5.95 Å². The number of hydroxylamine groups is 2. The number of nitrogens with two attached hydrogens (primary N) is 1. The minimum atomic E-state index is -1.02. The molecule has 146 valence electrons. The van der Waals surface area contributed by atoms with E-state index in [-0.39, 0.29) is 40.4 Å². The molecule has 0 bridgehead atoms. The molecule has 2 aromatic heterocycles. The molecule has 0 saturated carbocycles. The van der Waals surface area contributed by atoms with Gasteiger partial charge in [0, 0.05) is 7.11 Å². The van der Waals surface area contributed by atoms with E-state index < -0.39 is 11.9 Å². The topological polar surface area (TPSA) is 141 Å². The molecule has 1 aliphatic rings. The zero-order valence-corrected chi connectivity index (χ0v) is 16.8. The van der Waals surface area contributed by atoms with Crippen LogP contribution in [0.15, 0.2) is 31.6 Å². The molecule has 1 atom stereocenters. The lowest BCUT2D eigenvalue weighted by atomic mass is 10.2. The van der Waals surface area contributed by atoms with E-state index in [2.05, 4.69) is 30.9 Å². The number of anilines is 1. The van der Waals surface area contributed by atoms with Crippen molar-refractivity contribution in [1.29, 1.82) is 0 Å². The Labute approximate surface area is 166 Å². The van der Waals surface area contributed by atoms with E-state index >= 15 is 0 Å². The van der Waals surface area contributed by atoms with Crippen LogP contribution in [0.3, 0.4) is 0 Å². The molecule has 0 aliphatic carbocycles. The Balaban J connectivity index is 2.17. The molecule has 1 aliphatic heterocycles. The summed E-state index contributed by atoms with van der Waals surface area (Å²) < 4.78 is 17.4. The maximum Gasteiger partial charge on any atom is 0.328 e. The molecule has 4 N–H and O–H groups in total. The van der Waals surface area contributed by atoms with Gasteiger partial charge < -0.3 is 24.9 Å². The monoisotopic (exact) mass is 462 g/mol. The summed E-state index contributed by atoms with van der Waals surface area (Å²) in [6, 6.07) is 0. The summed E-state index contributed by atoms with van der Waals surface area (Å²) in [5.41, 5.74) is 5.90. The average molecular weight is 464 g/mol. The van der Waals surface area contributed by atoms with Crippen LogP contribution >= 0.6 is 27.5 Å². The van der Waals surface area contributed by atoms with E-state index in [1.54, 1.807) is 0 Å². The molecule has 0 saturated heterocycles. The molecular formula is C14H16BrClN6O5. The van der Waals surface area contributed by atoms with Crippen LogP contribution in [0.5, 0.6) is 0 Å². The summed E-state index contributed by atoms with van der Waals surface area (Å²) in [6.45, 7) is -0.152. The van der Waals surface area contributed by atoms with Gasteiger partial charge in [-0.05, 0) is 15.9 Å². The molecule has 0 aromatic carbocycles. The van der Waals surface area contributed by atoms with Crippen molar-refractivity contribution in [2.45, 2.75) is 12.8 Å². The Bertz CT molecular complexity index is 1020. The van der Waals surface area contributed by atoms with E-state index in [0.717, 1.165) is 5.06 Å². The predicted molar refractivity (Wildman–Crippen MR) is 98.6 cm³/mol. The fourth-order valence-corrected chi connectivity index (χ4v) is 3.52. The second-order valence-corrected chi connectivity index (χ2v) is 6.51. The maximum atomic E-state index is 12.4. The fourth-order valence-electron chi connectivity index (χ4n) is 2.74. The highest BCUT2D eigenvalue weighted by molar-refractivity contribution is 9.10. The smallest absolute Gasteiger partial charge is 0.328 e. The first-order valence-electron chi connectivity index (χ1n) is 7.47. The molecule has 2 aromatic rings. The molecule has 0 spiro atoms. The fraction of sp³-hybridized carbons (Fsp3) is 0.357. The number of imidazole rings is 1. The molecule has 0 radical (unpaired) electrons. The van der Waals surface area contributed by atoms with Gasteiger partial charge in [0.2, 0.25) is 12.2 Å². The maximum absolute atomic E-state index is 12.4. The number of nitrogens with zero attached hydrogens (tertiary/aromatic N) is 4. The van der Waals surface area contributed by atoms with Crippen molar-refractivity contribution in [2.75, 3.05) is 27.1 Å². The molecule has 3 rings (SSSR count). The van der Waals surface area contributed by atoms with Crippen molar-refractivity contribution in [3.05, 3.63) is 37.3 Å². The predicted octanol–water partition coefficient (Wildman–Crippen LogP) is 1.10. The van der Waals surface area contributed by atoms with E-state index in [0.29, 0.717) is 10.1 Å². The Hall–Kier alpha value is -2.28. The summed E-state index contributed by atoms with van der Waals surface area (Å²) >= 11 is 9.62. The van der Waals surface area contributed by atoms with Crippen molar-refractivity contribution in [1.82, 2.24) is 24.6 Å². The number of aromatic nitrogens is 4.